The summed E-state index contributed by atoms with van der Waals surface area (Å²) in [5.74, 6) is 0.173. The van der Waals surface area contributed by atoms with Crippen molar-refractivity contribution in [2.75, 3.05) is 0 Å². The number of rotatable bonds is 13. The predicted octanol–water partition coefficient (Wildman–Crippen LogP) is 3.77. The smallest absolute Gasteiger partial charge is 0.146 e. The molecule has 5 nitrogen and oxygen atoms in total. The molecule has 24 heavy (non-hydrogen) atoms. The standard InChI is InChI=1S/C10H20N2O.C9H19NO/c1-3-9(11)6-4-5-7-10(12)8(2)13;1-3-4-5-6-7-9(10)8(2)11/h10-11H,3-7,12H2,1-2H3;9H,3-7,10H2,1-2H3. The lowest BCUT2D eigenvalue weighted by Crippen LogP contribution is -2.27. The minimum Gasteiger partial charge on any atom is -0.322 e. The van der Waals surface area contributed by atoms with E-state index >= 15 is 0 Å². The number of unbranched alkanes of at least 4 members (excludes halogenated alkanes) is 4. The van der Waals surface area contributed by atoms with Gasteiger partial charge in [0.05, 0.1) is 12.1 Å². The Morgan fingerprint density at radius 3 is 1.67 bits per heavy atom. The van der Waals surface area contributed by atoms with Gasteiger partial charge in [0.1, 0.15) is 11.6 Å². The molecular weight excluding hydrogens is 302 g/mol. The van der Waals surface area contributed by atoms with Gasteiger partial charge in [0.2, 0.25) is 0 Å². The molecule has 0 aromatic rings. The van der Waals surface area contributed by atoms with E-state index in [1.54, 1.807) is 6.92 Å². The van der Waals surface area contributed by atoms with Crippen molar-refractivity contribution >= 4 is 17.3 Å². The Bertz CT molecular complexity index is 357. The Hall–Kier alpha value is -1.07. The number of hydrogen-bond donors (Lipinski definition) is 3. The Kier molecular flexibility index (Phi) is 17.6. The van der Waals surface area contributed by atoms with Crippen LogP contribution in [-0.4, -0.2) is 29.4 Å². The molecule has 0 heterocycles. The van der Waals surface area contributed by atoms with Crippen LogP contribution in [0, 0.1) is 5.41 Å². The molecule has 0 radical (unpaired) electrons. The molecule has 0 aliphatic rings. The summed E-state index contributed by atoms with van der Waals surface area (Å²) in [7, 11) is 0. The van der Waals surface area contributed by atoms with E-state index < -0.39 is 0 Å². The summed E-state index contributed by atoms with van der Waals surface area (Å²) in [4.78, 5) is 21.4. The fraction of sp³-hybridized carbons (Fsp3) is 0.842. The molecule has 142 valence electrons. The van der Waals surface area contributed by atoms with Crippen LogP contribution in [0.4, 0.5) is 0 Å². The first-order chi connectivity index (χ1) is 11.3. The molecular formula is C19H39N3O2. The van der Waals surface area contributed by atoms with Crippen LogP contribution in [0.5, 0.6) is 0 Å². The first-order valence-electron chi connectivity index (χ1n) is 9.34. The first-order valence-corrected chi connectivity index (χ1v) is 9.34. The van der Waals surface area contributed by atoms with E-state index in [1.165, 1.54) is 26.2 Å². The summed E-state index contributed by atoms with van der Waals surface area (Å²) in [5, 5.41) is 7.41. The van der Waals surface area contributed by atoms with Crippen molar-refractivity contribution in [1.82, 2.24) is 0 Å². The van der Waals surface area contributed by atoms with Crippen molar-refractivity contribution in [3.8, 4) is 0 Å². The summed E-state index contributed by atoms with van der Waals surface area (Å²) in [5.41, 5.74) is 11.9. The highest BCUT2D eigenvalue weighted by atomic mass is 16.1. The fourth-order valence-electron chi connectivity index (χ4n) is 2.08. The Morgan fingerprint density at radius 1 is 0.833 bits per heavy atom. The van der Waals surface area contributed by atoms with Gasteiger partial charge in [0.15, 0.2) is 0 Å². The van der Waals surface area contributed by atoms with Crippen LogP contribution in [0.2, 0.25) is 0 Å². The van der Waals surface area contributed by atoms with E-state index in [9.17, 15) is 9.59 Å². The largest absolute Gasteiger partial charge is 0.322 e. The van der Waals surface area contributed by atoms with E-state index in [4.69, 9.17) is 16.9 Å². The highest BCUT2D eigenvalue weighted by Crippen LogP contribution is 2.05. The van der Waals surface area contributed by atoms with Crippen molar-refractivity contribution < 1.29 is 9.59 Å². The van der Waals surface area contributed by atoms with Crippen molar-refractivity contribution in [2.45, 2.75) is 104 Å². The third-order valence-corrected chi connectivity index (χ3v) is 4.08. The number of carbonyl (C=O) groups is 2. The van der Waals surface area contributed by atoms with Crippen molar-refractivity contribution in [2.24, 2.45) is 11.5 Å². The molecule has 0 aromatic carbocycles. The van der Waals surface area contributed by atoms with Gasteiger partial charge in [-0.15, -0.1) is 0 Å². The summed E-state index contributed by atoms with van der Waals surface area (Å²) in [6.45, 7) is 7.25. The molecule has 0 aromatic heterocycles. The Balaban J connectivity index is 0. The zero-order valence-corrected chi connectivity index (χ0v) is 16.2. The maximum absolute atomic E-state index is 10.8. The van der Waals surface area contributed by atoms with Crippen LogP contribution in [-0.2, 0) is 9.59 Å². The van der Waals surface area contributed by atoms with Crippen molar-refractivity contribution in [3.05, 3.63) is 0 Å². The van der Waals surface area contributed by atoms with Crippen LogP contribution in [0.15, 0.2) is 0 Å². The quantitative estimate of drug-likeness (QED) is 0.350. The fourth-order valence-corrected chi connectivity index (χ4v) is 2.08. The summed E-state index contributed by atoms with van der Waals surface area (Å²) < 4.78 is 0. The van der Waals surface area contributed by atoms with Crippen LogP contribution < -0.4 is 11.5 Å². The monoisotopic (exact) mass is 341 g/mol. The normalized spacial score (nSPS) is 12.8. The van der Waals surface area contributed by atoms with Crippen LogP contribution >= 0.6 is 0 Å². The average Bonchev–Trinajstić information content (AvgIpc) is 2.55. The van der Waals surface area contributed by atoms with Gasteiger partial charge < -0.3 is 16.9 Å². The predicted molar refractivity (Wildman–Crippen MR) is 103 cm³/mol. The van der Waals surface area contributed by atoms with Crippen molar-refractivity contribution in [3.63, 3.8) is 0 Å². The van der Waals surface area contributed by atoms with E-state index in [0.717, 1.165) is 50.7 Å². The number of nitrogens with two attached hydrogens (primary N) is 2. The average molecular weight is 342 g/mol. The summed E-state index contributed by atoms with van der Waals surface area (Å²) >= 11 is 0. The lowest BCUT2D eigenvalue weighted by molar-refractivity contribution is -0.119. The van der Waals surface area contributed by atoms with Crippen LogP contribution in [0.25, 0.3) is 0 Å². The van der Waals surface area contributed by atoms with Gasteiger partial charge in [-0.25, -0.2) is 0 Å². The molecule has 0 aliphatic carbocycles. The molecule has 5 N–H and O–H groups in total. The second kappa shape index (κ2) is 16.8. The zero-order chi connectivity index (χ0) is 19.0. The van der Waals surface area contributed by atoms with E-state index in [2.05, 4.69) is 6.92 Å². The number of Topliss-reactive ketones (excluding diaryl/α,β-unsaturated/α-hetero) is 2. The number of nitrogens with one attached hydrogen (secondary N) is 1. The number of carbonyl (C=O) groups excluding carboxylic acids is 2. The van der Waals surface area contributed by atoms with Gasteiger partial charge in [-0.3, -0.25) is 9.59 Å². The molecule has 2 atom stereocenters. The third-order valence-electron chi connectivity index (χ3n) is 4.08. The molecule has 0 aliphatic heterocycles. The number of ketones is 2. The molecule has 0 saturated carbocycles. The zero-order valence-electron chi connectivity index (χ0n) is 16.2. The molecule has 0 saturated heterocycles. The highest BCUT2D eigenvalue weighted by molar-refractivity contribution is 5.81. The molecule has 5 heteroatoms. The SMILES string of the molecule is CCC(=N)CCCCC(N)C(C)=O.CCCCCCC(N)C(C)=O. The molecule has 0 bridgehead atoms. The second-order valence-corrected chi connectivity index (χ2v) is 6.49. The first kappa shape index (κ1) is 25.2. The summed E-state index contributed by atoms with van der Waals surface area (Å²) in [6.07, 6.45) is 10.0. The Labute approximate surface area is 148 Å². The third kappa shape index (κ3) is 17.3. The van der Waals surface area contributed by atoms with Gasteiger partial charge in [0, 0.05) is 5.71 Å². The highest BCUT2D eigenvalue weighted by Gasteiger charge is 2.07. The van der Waals surface area contributed by atoms with E-state index in [0.29, 0.717) is 0 Å². The van der Waals surface area contributed by atoms with Gasteiger partial charge in [-0.2, -0.15) is 0 Å². The lowest BCUT2D eigenvalue weighted by Gasteiger charge is -2.06. The maximum Gasteiger partial charge on any atom is 0.146 e. The minimum atomic E-state index is -0.296. The summed E-state index contributed by atoms with van der Waals surface area (Å²) in [6, 6.07) is -0.511. The Morgan fingerprint density at radius 2 is 1.29 bits per heavy atom. The molecule has 0 fully saturated rings. The van der Waals surface area contributed by atoms with Crippen LogP contribution in [0.3, 0.4) is 0 Å². The van der Waals surface area contributed by atoms with Crippen molar-refractivity contribution in [1.29, 1.82) is 5.41 Å². The lowest BCUT2D eigenvalue weighted by atomic mass is 10.0. The van der Waals surface area contributed by atoms with Gasteiger partial charge >= 0.3 is 0 Å². The van der Waals surface area contributed by atoms with Gasteiger partial charge in [-0.05, 0) is 46.0 Å². The maximum atomic E-state index is 10.8. The topological polar surface area (TPSA) is 110 Å². The molecule has 0 spiro atoms. The molecule has 0 amide bonds. The molecule has 0 rings (SSSR count). The van der Waals surface area contributed by atoms with Gasteiger partial charge in [0.25, 0.3) is 0 Å². The minimum absolute atomic E-state index is 0.0607. The second-order valence-electron chi connectivity index (χ2n) is 6.49. The van der Waals surface area contributed by atoms with Gasteiger partial charge in [-0.1, -0.05) is 46.0 Å². The molecule has 2 unspecified atom stereocenters. The van der Waals surface area contributed by atoms with E-state index in [1.807, 2.05) is 6.92 Å². The van der Waals surface area contributed by atoms with Crippen LogP contribution in [0.1, 0.15) is 91.9 Å². The number of hydrogen-bond acceptors (Lipinski definition) is 5. The van der Waals surface area contributed by atoms with E-state index in [-0.39, 0.29) is 23.7 Å².